The number of amides is 1. The number of rotatable bonds is 5. The Labute approximate surface area is 171 Å². The minimum absolute atomic E-state index is 0.0110. The quantitative estimate of drug-likeness (QED) is 0.833. The van der Waals surface area contributed by atoms with E-state index in [4.69, 9.17) is 4.74 Å². The first kappa shape index (κ1) is 19.7. The third-order valence-corrected chi connectivity index (χ3v) is 5.79. The molecule has 156 valence electrons. The van der Waals surface area contributed by atoms with Gasteiger partial charge in [0.2, 0.25) is 5.88 Å². The van der Waals surface area contributed by atoms with E-state index in [-0.39, 0.29) is 11.3 Å². The van der Waals surface area contributed by atoms with Crippen LogP contribution in [0.1, 0.15) is 62.6 Å². The molecule has 0 aromatic carbocycles. The van der Waals surface area contributed by atoms with Crippen LogP contribution < -0.4 is 9.64 Å². The summed E-state index contributed by atoms with van der Waals surface area (Å²) in [6.07, 6.45) is 5.78. The van der Waals surface area contributed by atoms with Crippen LogP contribution in [0.4, 0.5) is 5.82 Å². The minimum Gasteiger partial charge on any atom is -0.481 e. The van der Waals surface area contributed by atoms with Crippen molar-refractivity contribution in [3.63, 3.8) is 0 Å². The van der Waals surface area contributed by atoms with E-state index in [2.05, 4.69) is 45.8 Å². The molecular weight excluding hydrogens is 368 g/mol. The molecule has 29 heavy (non-hydrogen) atoms. The van der Waals surface area contributed by atoms with Crippen molar-refractivity contribution in [1.29, 1.82) is 0 Å². The number of hydrogen-bond acceptors (Lipinski definition) is 6. The minimum atomic E-state index is -0.0537. The lowest BCUT2D eigenvalue weighted by atomic mass is 9.92. The van der Waals surface area contributed by atoms with E-state index in [9.17, 15) is 4.79 Å². The number of aromatic amines is 1. The molecule has 0 unspecified atom stereocenters. The highest BCUT2D eigenvalue weighted by atomic mass is 16.5. The maximum Gasteiger partial charge on any atom is 0.274 e. The highest BCUT2D eigenvalue weighted by molar-refractivity contribution is 5.92. The molecule has 1 aliphatic heterocycles. The number of anilines is 1. The zero-order chi connectivity index (χ0) is 20.6. The lowest BCUT2D eigenvalue weighted by molar-refractivity contribution is 0.0706. The number of ether oxygens (including phenoxy) is 1. The Bertz CT molecular complexity index is 862. The molecular formula is C21H30N6O2. The molecule has 2 aromatic rings. The average molecular weight is 399 g/mol. The van der Waals surface area contributed by atoms with Gasteiger partial charge in [-0.1, -0.05) is 20.8 Å². The summed E-state index contributed by atoms with van der Waals surface area (Å²) in [6.45, 7) is 7.78. The molecule has 1 amide bonds. The van der Waals surface area contributed by atoms with Crippen LogP contribution >= 0.6 is 0 Å². The van der Waals surface area contributed by atoms with Crippen LogP contribution in [0.2, 0.25) is 0 Å². The highest BCUT2D eigenvalue weighted by Gasteiger charge is 2.37. The van der Waals surface area contributed by atoms with Gasteiger partial charge in [0, 0.05) is 42.3 Å². The first-order valence-electron chi connectivity index (χ1n) is 10.4. The van der Waals surface area contributed by atoms with Gasteiger partial charge < -0.3 is 14.5 Å². The van der Waals surface area contributed by atoms with E-state index in [0.717, 1.165) is 37.4 Å². The Kier molecular flexibility index (Phi) is 5.19. The summed E-state index contributed by atoms with van der Waals surface area (Å²) >= 11 is 0. The summed E-state index contributed by atoms with van der Waals surface area (Å²) in [4.78, 5) is 25.9. The monoisotopic (exact) mass is 398 g/mol. The SMILES string of the molecule is COc1cc(N(C2CC2)C2CCN(C(=O)c3cc(C(C)(C)C)[nH]n3)CC2)ncn1. The van der Waals surface area contributed by atoms with Crippen molar-refractivity contribution in [2.24, 2.45) is 0 Å². The van der Waals surface area contributed by atoms with Gasteiger partial charge in [0.15, 0.2) is 0 Å². The fourth-order valence-corrected chi connectivity index (χ4v) is 3.93. The predicted octanol–water partition coefficient (Wildman–Crippen LogP) is 2.78. The lowest BCUT2D eigenvalue weighted by Gasteiger charge is -2.39. The smallest absolute Gasteiger partial charge is 0.274 e. The Morgan fingerprint density at radius 1 is 1.14 bits per heavy atom. The van der Waals surface area contributed by atoms with Gasteiger partial charge in [0.25, 0.3) is 5.91 Å². The van der Waals surface area contributed by atoms with Crippen molar-refractivity contribution in [2.75, 3.05) is 25.1 Å². The Balaban J connectivity index is 1.42. The molecule has 1 saturated heterocycles. The van der Waals surface area contributed by atoms with E-state index in [1.54, 1.807) is 13.4 Å². The maximum atomic E-state index is 12.9. The molecule has 4 rings (SSSR count). The van der Waals surface area contributed by atoms with Crippen LogP contribution in [0.3, 0.4) is 0 Å². The van der Waals surface area contributed by atoms with Crippen LogP contribution in [0.15, 0.2) is 18.5 Å². The van der Waals surface area contributed by atoms with Gasteiger partial charge in [-0.05, 0) is 31.7 Å². The highest BCUT2D eigenvalue weighted by Crippen LogP contribution is 2.36. The van der Waals surface area contributed by atoms with Gasteiger partial charge in [-0.3, -0.25) is 9.89 Å². The van der Waals surface area contributed by atoms with Gasteiger partial charge in [-0.2, -0.15) is 5.10 Å². The summed E-state index contributed by atoms with van der Waals surface area (Å²) in [5.41, 5.74) is 1.43. The molecule has 0 atom stereocenters. The van der Waals surface area contributed by atoms with Crippen LogP contribution in [0.25, 0.3) is 0 Å². The number of nitrogens with zero attached hydrogens (tertiary/aromatic N) is 5. The standard InChI is InChI=1S/C21H30N6O2/c1-21(2,3)17-11-16(24-25-17)20(28)26-9-7-15(8-10-26)27(14-5-6-14)18-12-19(29-4)23-13-22-18/h11-15H,5-10H2,1-4H3,(H,24,25). The molecule has 2 aliphatic rings. The fourth-order valence-electron chi connectivity index (χ4n) is 3.93. The molecule has 0 spiro atoms. The first-order chi connectivity index (χ1) is 13.9. The van der Waals surface area contributed by atoms with E-state index in [1.165, 1.54) is 12.8 Å². The third-order valence-electron chi connectivity index (χ3n) is 5.79. The van der Waals surface area contributed by atoms with Crippen LogP contribution in [-0.4, -0.2) is 63.3 Å². The topological polar surface area (TPSA) is 87.2 Å². The molecule has 8 nitrogen and oxygen atoms in total. The summed E-state index contributed by atoms with van der Waals surface area (Å²) in [7, 11) is 1.62. The number of piperidine rings is 1. The second-order valence-corrected chi connectivity index (χ2v) is 9.00. The van der Waals surface area contributed by atoms with Gasteiger partial charge in [-0.25, -0.2) is 9.97 Å². The summed E-state index contributed by atoms with van der Waals surface area (Å²) < 4.78 is 5.28. The molecule has 2 aromatic heterocycles. The molecule has 0 bridgehead atoms. The van der Waals surface area contributed by atoms with E-state index >= 15 is 0 Å². The molecule has 1 N–H and O–H groups in total. The van der Waals surface area contributed by atoms with Gasteiger partial charge in [0.05, 0.1) is 7.11 Å². The molecule has 1 aliphatic carbocycles. The fraction of sp³-hybridized carbons (Fsp3) is 0.619. The summed E-state index contributed by atoms with van der Waals surface area (Å²) in [5, 5.41) is 7.28. The number of hydrogen-bond donors (Lipinski definition) is 1. The third kappa shape index (κ3) is 4.21. The normalized spacial score (nSPS) is 18.0. The average Bonchev–Trinajstić information content (AvgIpc) is 3.40. The second kappa shape index (κ2) is 7.65. The van der Waals surface area contributed by atoms with Crippen molar-refractivity contribution in [3.8, 4) is 5.88 Å². The number of carbonyl (C=O) groups excluding carboxylic acids is 1. The van der Waals surface area contributed by atoms with E-state index in [1.807, 2.05) is 17.0 Å². The van der Waals surface area contributed by atoms with Gasteiger partial charge in [-0.15, -0.1) is 0 Å². The lowest BCUT2D eigenvalue weighted by Crippen LogP contribution is -2.48. The zero-order valence-corrected chi connectivity index (χ0v) is 17.7. The van der Waals surface area contributed by atoms with Crippen molar-refractivity contribution in [3.05, 3.63) is 29.8 Å². The molecule has 1 saturated carbocycles. The van der Waals surface area contributed by atoms with Crippen LogP contribution in [0, 0.1) is 0 Å². The number of aromatic nitrogens is 4. The number of nitrogens with one attached hydrogen (secondary N) is 1. The largest absolute Gasteiger partial charge is 0.481 e. The Morgan fingerprint density at radius 2 is 1.83 bits per heavy atom. The van der Waals surface area contributed by atoms with Gasteiger partial charge >= 0.3 is 0 Å². The Hall–Kier alpha value is -2.64. The Morgan fingerprint density at radius 3 is 2.41 bits per heavy atom. The number of carbonyl (C=O) groups is 1. The maximum absolute atomic E-state index is 12.9. The van der Waals surface area contributed by atoms with Crippen molar-refractivity contribution >= 4 is 11.7 Å². The number of H-pyrrole nitrogens is 1. The van der Waals surface area contributed by atoms with Crippen molar-refractivity contribution in [2.45, 2.75) is 64.0 Å². The predicted molar refractivity (Wildman–Crippen MR) is 110 cm³/mol. The zero-order valence-electron chi connectivity index (χ0n) is 17.7. The molecule has 0 radical (unpaired) electrons. The number of methoxy groups -OCH3 is 1. The van der Waals surface area contributed by atoms with Gasteiger partial charge in [0.1, 0.15) is 17.8 Å². The summed E-state index contributed by atoms with van der Waals surface area (Å²) in [6, 6.07) is 4.70. The van der Waals surface area contributed by atoms with E-state index in [0.29, 0.717) is 23.7 Å². The first-order valence-corrected chi connectivity index (χ1v) is 10.4. The van der Waals surface area contributed by atoms with Crippen molar-refractivity contribution < 1.29 is 9.53 Å². The van der Waals surface area contributed by atoms with Crippen molar-refractivity contribution in [1.82, 2.24) is 25.1 Å². The van der Waals surface area contributed by atoms with E-state index < -0.39 is 0 Å². The molecule has 3 heterocycles. The van der Waals surface area contributed by atoms with Crippen LogP contribution in [0.5, 0.6) is 5.88 Å². The molecule has 8 heteroatoms. The second-order valence-electron chi connectivity index (χ2n) is 9.00. The van der Waals surface area contributed by atoms with Crippen LogP contribution in [-0.2, 0) is 5.41 Å². The summed E-state index contributed by atoms with van der Waals surface area (Å²) in [5.74, 6) is 1.52. The molecule has 2 fully saturated rings. The number of likely N-dealkylation sites (tertiary alicyclic amines) is 1.